The zero-order valence-electron chi connectivity index (χ0n) is 11.9. The highest BCUT2D eigenvalue weighted by Gasteiger charge is 2.49. The van der Waals surface area contributed by atoms with Crippen molar-refractivity contribution >= 4 is 0 Å². The molecule has 0 amide bonds. The SMILES string of the molecule is CC(C)NCC1(c2cccc(F)c2)CC(C)(C)C1. The van der Waals surface area contributed by atoms with Gasteiger partial charge in [0.15, 0.2) is 0 Å². The van der Waals surface area contributed by atoms with Gasteiger partial charge >= 0.3 is 0 Å². The molecule has 0 radical (unpaired) electrons. The van der Waals surface area contributed by atoms with Crippen molar-refractivity contribution in [1.82, 2.24) is 5.32 Å². The monoisotopic (exact) mass is 249 g/mol. The maximum absolute atomic E-state index is 13.4. The topological polar surface area (TPSA) is 12.0 Å². The average molecular weight is 249 g/mol. The quantitative estimate of drug-likeness (QED) is 0.854. The minimum absolute atomic E-state index is 0.121. The third-order valence-corrected chi connectivity index (χ3v) is 3.92. The minimum atomic E-state index is -0.124. The molecule has 0 heterocycles. The van der Waals surface area contributed by atoms with Crippen molar-refractivity contribution < 1.29 is 4.39 Å². The molecule has 1 aliphatic carbocycles. The molecule has 2 heteroatoms. The lowest BCUT2D eigenvalue weighted by molar-refractivity contribution is 0.0545. The van der Waals surface area contributed by atoms with Gasteiger partial charge in [-0.3, -0.25) is 0 Å². The van der Waals surface area contributed by atoms with E-state index in [0.717, 1.165) is 24.9 Å². The fourth-order valence-corrected chi connectivity index (χ4v) is 3.43. The largest absolute Gasteiger partial charge is 0.314 e. The van der Waals surface area contributed by atoms with Crippen LogP contribution in [0.3, 0.4) is 0 Å². The van der Waals surface area contributed by atoms with Crippen LogP contribution in [-0.2, 0) is 5.41 Å². The van der Waals surface area contributed by atoms with E-state index in [2.05, 4.69) is 39.1 Å². The summed E-state index contributed by atoms with van der Waals surface area (Å²) in [6.45, 7) is 9.84. The number of rotatable bonds is 4. The standard InChI is InChI=1S/C16H24FN/c1-12(2)18-11-16(9-15(3,4)10-16)13-6-5-7-14(17)8-13/h5-8,12,18H,9-11H2,1-4H3. The van der Waals surface area contributed by atoms with E-state index >= 15 is 0 Å². The van der Waals surface area contributed by atoms with E-state index in [4.69, 9.17) is 0 Å². The highest BCUT2D eigenvalue weighted by atomic mass is 19.1. The lowest BCUT2D eigenvalue weighted by atomic mass is 9.52. The first-order valence-corrected chi connectivity index (χ1v) is 6.83. The molecule has 100 valence electrons. The van der Waals surface area contributed by atoms with E-state index in [9.17, 15) is 4.39 Å². The second-order valence-corrected chi connectivity index (χ2v) is 6.84. The Balaban J connectivity index is 2.21. The minimum Gasteiger partial charge on any atom is -0.314 e. The first-order valence-electron chi connectivity index (χ1n) is 6.83. The van der Waals surface area contributed by atoms with Crippen LogP contribution in [-0.4, -0.2) is 12.6 Å². The summed E-state index contributed by atoms with van der Waals surface area (Å²) in [5.41, 5.74) is 1.65. The zero-order chi connectivity index (χ0) is 13.4. The van der Waals surface area contributed by atoms with E-state index in [0.29, 0.717) is 11.5 Å². The molecule has 1 nitrogen and oxygen atoms in total. The molecule has 0 aromatic heterocycles. The molecule has 0 unspecified atom stereocenters. The predicted molar refractivity (Wildman–Crippen MR) is 74.2 cm³/mol. The van der Waals surface area contributed by atoms with Crippen molar-refractivity contribution in [2.24, 2.45) is 5.41 Å². The molecule has 1 N–H and O–H groups in total. The van der Waals surface area contributed by atoms with Gasteiger partial charge < -0.3 is 5.32 Å². The first-order chi connectivity index (χ1) is 8.33. The summed E-state index contributed by atoms with van der Waals surface area (Å²) >= 11 is 0. The second kappa shape index (κ2) is 4.65. The lowest BCUT2D eigenvalue weighted by Gasteiger charge is -2.54. The van der Waals surface area contributed by atoms with Gasteiger partial charge in [0.1, 0.15) is 5.82 Å². The molecular formula is C16H24FN. The summed E-state index contributed by atoms with van der Waals surface area (Å²) in [4.78, 5) is 0. The van der Waals surface area contributed by atoms with Crippen LogP contribution in [0.1, 0.15) is 46.1 Å². The van der Waals surface area contributed by atoms with Crippen molar-refractivity contribution in [2.75, 3.05) is 6.54 Å². The van der Waals surface area contributed by atoms with Crippen molar-refractivity contribution in [1.29, 1.82) is 0 Å². The molecule has 1 saturated carbocycles. The van der Waals surface area contributed by atoms with Crippen molar-refractivity contribution in [3.05, 3.63) is 35.6 Å². The highest BCUT2D eigenvalue weighted by molar-refractivity contribution is 5.31. The molecule has 0 saturated heterocycles. The maximum atomic E-state index is 13.4. The van der Waals surface area contributed by atoms with Gasteiger partial charge in [-0.15, -0.1) is 0 Å². The molecule has 0 bridgehead atoms. The van der Waals surface area contributed by atoms with E-state index in [1.165, 1.54) is 6.07 Å². The molecule has 18 heavy (non-hydrogen) atoms. The van der Waals surface area contributed by atoms with Gasteiger partial charge in [-0.1, -0.05) is 39.8 Å². The normalized spacial score (nSPS) is 20.8. The van der Waals surface area contributed by atoms with E-state index in [1.807, 2.05) is 6.07 Å². The van der Waals surface area contributed by atoms with Crippen molar-refractivity contribution in [2.45, 2.75) is 52.0 Å². The second-order valence-electron chi connectivity index (χ2n) is 6.84. The molecule has 0 spiro atoms. The molecule has 0 aliphatic heterocycles. The fraction of sp³-hybridized carbons (Fsp3) is 0.625. The van der Waals surface area contributed by atoms with Crippen LogP contribution in [0.2, 0.25) is 0 Å². The summed E-state index contributed by atoms with van der Waals surface area (Å²) in [5.74, 6) is -0.124. The number of nitrogens with one attached hydrogen (secondary N) is 1. The van der Waals surface area contributed by atoms with Crippen LogP contribution in [0.25, 0.3) is 0 Å². The third kappa shape index (κ3) is 2.74. The Hall–Kier alpha value is -0.890. The van der Waals surface area contributed by atoms with Gasteiger partial charge in [0.25, 0.3) is 0 Å². The first kappa shape index (κ1) is 13.5. The molecule has 1 aromatic carbocycles. The van der Waals surface area contributed by atoms with E-state index in [1.54, 1.807) is 6.07 Å². The van der Waals surface area contributed by atoms with Crippen molar-refractivity contribution in [3.63, 3.8) is 0 Å². The summed E-state index contributed by atoms with van der Waals surface area (Å²) in [6.07, 6.45) is 2.26. The van der Waals surface area contributed by atoms with Gasteiger partial charge in [0, 0.05) is 18.0 Å². The zero-order valence-corrected chi connectivity index (χ0v) is 11.9. The summed E-state index contributed by atoms with van der Waals surface area (Å²) in [7, 11) is 0. The molecule has 1 aromatic rings. The highest BCUT2D eigenvalue weighted by Crippen LogP contribution is 2.55. The van der Waals surface area contributed by atoms with Gasteiger partial charge in [-0.2, -0.15) is 0 Å². The van der Waals surface area contributed by atoms with E-state index in [-0.39, 0.29) is 11.2 Å². The third-order valence-electron chi connectivity index (χ3n) is 3.92. The van der Waals surface area contributed by atoms with Crippen LogP contribution >= 0.6 is 0 Å². The van der Waals surface area contributed by atoms with Gasteiger partial charge in [0.2, 0.25) is 0 Å². The summed E-state index contributed by atoms with van der Waals surface area (Å²) in [6, 6.07) is 7.60. The number of benzene rings is 1. The van der Waals surface area contributed by atoms with E-state index < -0.39 is 0 Å². The summed E-state index contributed by atoms with van der Waals surface area (Å²) < 4.78 is 13.4. The summed E-state index contributed by atoms with van der Waals surface area (Å²) in [5, 5.41) is 3.52. The average Bonchev–Trinajstić information content (AvgIpc) is 2.23. The van der Waals surface area contributed by atoms with Crippen LogP contribution < -0.4 is 5.32 Å². The predicted octanol–water partition coefficient (Wildman–Crippen LogP) is 3.88. The molecule has 1 fully saturated rings. The van der Waals surface area contributed by atoms with Gasteiger partial charge in [-0.25, -0.2) is 4.39 Å². The Morgan fingerprint density at radius 3 is 2.44 bits per heavy atom. The van der Waals surface area contributed by atoms with Crippen LogP contribution in [0.4, 0.5) is 4.39 Å². The number of halogens is 1. The molecular weight excluding hydrogens is 225 g/mol. The fourth-order valence-electron chi connectivity index (χ4n) is 3.43. The number of hydrogen-bond donors (Lipinski definition) is 1. The lowest BCUT2D eigenvalue weighted by Crippen LogP contribution is -2.53. The molecule has 0 atom stereocenters. The Morgan fingerprint density at radius 1 is 1.28 bits per heavy atom. The maximum Gasteiger partial charge on any atom is 0.123 e. The molecule has 1 aliphatic rings. The van der Waals surface area contributed by atoms with Gasteiger partial charge in [0.05, 0.1) is 0 Å². The Morgan fingerprint density at radius 2 is 1.94 bits per heavy atom. The Labute approximate surface area is 110 Å². The smallest absolute Gasteiger partial charge is 0.123 e. The number of hydrogen-bond acceptors (Lipinski definition) is 1. The van der Waals surface area contributed by atoms with Crippen molar-refractivity contribution in [3.8, 4) is 0 Å². The van der Waals surface area contributed by atoms with Crippen LogP contribution in [0, 0.1) is 11.2 Å². The van der Waals surface area contributed by atoms with Crippen LogP contribution in [0.5, 0.6) is 0 Å². The Bertz CT molecular complexity index is 415. The van der Waals surface area contributed by atoms with Gasteiger partial charge in [-0.05, 0) is 36.0 Å². The Kier molecular flexibility index (Phi) is 3.50. The van der Waals surface area contributed by atoms with Crippen LogP contribution in [0.15, 0.2) is 24.3 Å². The molecule has 2 rings (SSSR count).